The zero-order valence-corrected chi connectivity index (χ0v) is 13.2. The first kappa shape index (κ1) is 16.4. The maximum Gasteiger partial charge on any atom is 0.245 e. The van der Waals surface area contributed by atoms with Crippen molar-refractivity contribution in [3.63, 3.8) is 0 Å². The predicted molar refractivity (Wildman–Crippen MR) is 81.9 cm³/mol. The minimum absolute atomic E-state index is 0.0575. The Morgan fingerprint density at radius 2 is 2.32 bits per heavy atom. The van der Waals surface area contributed by atoms with Crippen LogP contribution in [-0.4, -0.2) is 59.4 Å². The number of ether oxygens (including phenoxy) is 1. The minimum Gasteiger partial charge on any atom is -0.383 e. The highest BCUT2D eigenvalue weighted by Crippen LogP contribution is 2.16. The van der Waals surface area contributed by atoms with Crippen molar-refractivity contribution in [2.75, 3.05) is 26.8 Å². The van der Waals surface area contributed by atoms with Gasteiger partial charge >= 0.3 is 0 Å². The largest absolute Gasteiger partial charge is 0.383 e. The van der Waals surface area contributed by atoms with E-state index in [2.05, 4.69) is 4.98 Å². The number of pyridine rings is 1. The monoisotopic (exact) mass is 305 g/mol. The Bertz CT molecular complexity index is 507. The van der Waals surface area contributed by atoms with E-state index in [0.29, 0.717) is 32.7 Å². The number of likely N-dealkylation sites (tertiary alicyclic amines) is 1. The van der Waals surface area contributed by atoms with E-state index >= 15 is 0 Å². The van der Waals surface area contributed by atoms with Crippen LogP contribution in [0, 0.1) is 0 Å². The third-order valence-electron chi connectivity index (χ3n) is 3.89. The molecule has 1 aromatic rings. The van der Waals surface area contributed by atoms with E-state index in [-0.39, 0.29) is 11.8 Å². The van der Waals surface area contributed by atoms with Crippen LogP contribution in [0.1, 0.15) is 25.5 Å². The van der Waals surface area contributed by atoms with Crippen LogP contribution < -0.4 is 0 Å². The van der Waals surface area contributed by atoms with Gasteiger partial charge in [-0.1, -0.05) is 6.07 Å². The van der Waals surface area contributed by atoms with Gasteiger partial charge in [0.25, 0.3) is 0 Å². The fraction of sp³-hybridized carbons (Fsp3) is 0.562. The standard InChI is InChI=1S/C16H23N3O3/c1-13(19-9-5-7-15(19)20)16(21)18(10-11-22-2)12-14-6-3-4-8-17-14/h3-4,6,8,13H,5,7,9-12H2,1-2H3/t13-/m0/s1. The van der Waals surface area contributed by atoms with E-state index in [4.69, 9.17) is 4.74 Å². The van der Waals surface area contributed by atoms with Crippen LogP contribution in [0.25, 0.3) is 0 Å². The molecule has 0 aliphatic carbocycles. The Hall–Kier alpha value is -1.95. The van der Waals surface area contributed by atoms with Crippen molar-refractivity contribution in [1.82, 2.24) is 14.8 Å². The first-order chi connectivity index (χ1) is 10.6. The summed E-state index contributed by atoms with van der Waals surface area (Å²) in [6.45, 7) is 3.82. The van der Waals surface area contributed by atoms with Crippen molar-refractivity contribution in [2.45, 2.75) is 32.4 Å². The molecule has 1 aliphatic heterocycles. The number of amides is 2. The molecule has 0 unspecified atom stereocenters. The van der Waals surface area contributed by atoms with Gasteiger partial charge in [-0.3, -0.25) is 14.6 Å². The molecule has 6 heteroatoms. The highest BCUT2D eigenvalue weighted by atomic mass is 16.5. The van der Waals surface area contributed by atoms with Gasteiger partial charge in [-0.05, 0) is 25.5 Å². The molecule has 0 saturated carbocycles. The van der Waals surface area contributed by atoms with Crippen LogP contribution in [0.2, 0.25) is 0 Å². The molecule has 0 bridgehead atoms. The smallest absolute Gasteiger partial charge is 0.245 e. The van der Waals surface area contributed by atoms with Crippen LogP contribution in [-0.2, 0) is 20.9 Å². The summed E-state index contributed by atoms with van der Waals surface area (Å²) in [5, 5.41) is 0. The fourth-order valence-corrected chi connectivity index (χ4v) is 2.63. The summed E-state index contributed by atoms with van der Waals surface area (Å²) in [4.78, 5) is 32.2. The van der Waals surface area contributed by atoms with Gasteiger partial charge in [-0.25, -0.2) is 0 Å². The van der Waals surface area contributed by atoms with E-state index in [0.717, 1.165) is 12.1 Å². The molecule has 1 aromatic heterocycles. The first-order valence-corrected chi connectivity index (χ1v) is 7.60. The Kier molecular flexibility index (Phi) is 5.89. The highest BCUT2D eigenvalue weighted by molar-refractivity contribution is 5.88. The van der Waals surface area contributed by atoms with Crippen molar-refractivity contribution in [1.29, 1.82) is 0 Å². The van der Waals surface area contributed by atoms with Crippen molar-refractivity contribution in [3.8, 4) is 0 Å². The maximum absolute atomic E-state index is 12.7. The zero-order valence-electron chi connectivity index (χ0n) is 13.2. The third-order valence-corrected chi connectivity index (χ3v) is 3.89. The van der Waals surface area contributed by atoms with Gasteiger partial charge in [0, 0.05) is 32.8 Å². The van der Waals surface area contributed by atoms with E-state index in [9.17, 15) is 9.59 Å². The van der Waals surface area contributed by atoms with Crippen molar-refractivity contribution in [3.05, 3.63) is 30.1 Å². The molecule has 2 rings (SSSR count). The first-order valence-electron chi connectivity index (χ1n) is 7.60. The number of hydrogen-bond acceptors (Lipinski definition) is 4. The number of hydrogen-bond donors (Lipinski definition) is 0. The van der Waals surface area contributed by atoms with Crippen molar-refractivity contribution < 1.29 is 14.3 Å². The van der Waals surface area contributed by atoms with Crippen molar-refractivity contribution >= 4 is 11.8 Å². The van der Waals surface area contributed by atoms with Gasteiger partial charge in [0.2, 0.25) is 11.8 Å². The molecule has 1 aliphatic rings. The highest BCUT2D eigenvalue weighted by Gasteiger charge is 2.32. The normalized spacial score (nSPS) is 15.9. The van der Waals surface area contributed by atoms with E-state index < -0.39 is 6.04 Å². The minimum atomic E-state index is -0.435. The molecule has 1 saturated heterocycles. The number of carbonyl (C=O) groups excluding carboxylic acids is 2. The van der Waals surface area contributed by atoms with E-state index in [1.54, 1.807) is 30.0 Å². The number of nitrogens with zero attached hydrogens (tertiary/aromatic N) is 3. The number of carbonyl (C=O) groups is 2. The molecule has 1 fully saturated rings. The Labute approximate surface area is 131 Å². The summed E-state index contributed by atoms with van der Waals surface area (Å²) >= 11 is 0. The fourth-order valence-electron chi connectivity index (χ4n) is 2.63. The second kappa shape index (κ2) is 7.89. The average Bonchev–Trinajstić information content (AvgIpc) is 2.97. The van der Waals surface area contributed by atoms with Gasteiger partial charge in [0.15, 0.2) is 0 Å². The summed E-state index contributed by atoms with van der Waals surface area (Å²) in [6.07, 6.45) is 3.08. The Morgan fingerprint density at radius 1 is 1.50 bits per heavy atom. The van der Waals surface area contributed by atoms with Crippen molar-refractivity contribution in [2.24, 2.45) is 0 Å². The topological polar surface area (TPSA) is 62.7 Å². The lowest BCUT2D eigenvalue weighted by Crippen LogP contribution is -2.48. The van der Waals surface area contributed by atoms with Crippen LogP contribution in [0.5, 0.6) is 0 Å². The summed E-state index contributed by atoms with van der Waals surface area (Å²) in [6, 6.07) is 5.19. The van der Waals surface area contributed by atoms with Gasteiger partial charge < -0.3 is 14.5 Å². The number of aromatic nitrogens is 1. The molecule has 2 heterocycles. The van der Waals surface area contributed by atoms with E-state index in [1.807, 2.05) is 18.2 Å². The second-order valence-electron chi connectivity index (χ2n) is 5.44. The molecule has 2 amide bonds. The summed E-state index contributed by atoms with van der Waals surface area (Å²) in [5.41, 5.74) is 0.826. The number of methoxy groups -OCH3 is 1. The van der Waals surface area contributed by atoms with Crippen LogP contribution in [0.4, 0.5) is 0 Å². The molecule has 0 radical (unpaired) electrons. The summed E-state index contributed by atoms with van der Waals surface area (Å²) in [7, 11) is 1.61. The third kappa shape index (κ3) is 4.04. The lowest BCUT2D eigenvalue weighted by molar-refractivity contribution is -0.143. The van der Waals surface area contributed by atoms with Gasteiger partial charge in [0.05, 0.1) is 18.8 Å². The lowest BCUT2D eigenvalue weighted by atomic mass is 10.2. The number of rotatable bonds is 7. The molecule has 120 valence electrons. The van der Waals surface area contributed by atoms with E-state index in [1.165, 1.54) is 0 Å². The SMILES string of the molecule is COCCN(Cc1ccccn1)C(=O)[C@H](C)N1CCCC1=O. The molecule has 22 heavy (non-hydrogen) atoms. The molecular formula is C16H23N3O3. The predicted octanol–water partition coefficient (Wildman–Crippen LogP) is 1.07. The maximum atomic E-state index is 12.7. The average molecular weight is 305 g/mol. The van der Waals surface area contributed by atoms with Crippen LogP contribution in [0.15, 0.2) is 24.4 Å². The molecule has 6 nitrogen and oxygen atoms in total. The molecular weight excluding hydrogens is 282 g/mol. The lowest BCUT2D eigenvalue weighted by Gasteiger charge is -2.30. The molecule has 0 aromatic carbocycles. The molecule has 0 spiro atoms. The molecule has 0 N–H and O–H groups in total. The van der Waals surface area contributed by atoms with Gasteiger partial charge in [-0.15, -0.1) is 0 Å². The molecule has 1 atom stereocenters. The van der Waals surface area contributed by atoms with Gasteiger partial charge in [-0.2, -0.15) is 0 Å². The van der Waals surface area contributed by atoms with Crippen LogP contribution >= 0.6 is 0 Å². The van der Waals surface area contributed by atoms with Crippen LogP contribution in [0.3, 0.4) is 0 Å². The Balaban J connectivity index is 2.06. The quantitative estimate of drug-likeness (QED) is 0.756. The Morgan fingerprint density at radius 3 is 2.91 bits per heavy atom. The zero-order chi connectivity index (χ0) is 15.9. The summed E-state index contributed by atoms with van der Waals surface area (Å²) in [5.74, 6) is 0.00308. The second-order valence-corrected chi connectivity index (χ2v) is 5.44. The summed E-state index contributed by atoms with van der Waals surface area (Å²) < 4.78 is 5.09. The van der Waals surface area contributed by atoms with Gasteiger partial charge in [0.1, 0.15) is 6.04 Å².